The molecule has 0 fully saturated rings. The number of nitrogens with one attached hydrogen (secondary N) is 2. The summed E-state index contributed by atoms with van der Waals surface area (Å²) in [7, 11) is -2.47. The molecule has 1 aliphatic heterocycles. The molecule has 2 heterocycles. The number of sulfonamides is 1. The largest absolute Gasteiger partial charge is 0.490 e. The maximum atomic E-state index is 14.5. The molecule has 52 heavy (non-hydrogen) atoms. The van der Waals surface area contributed by atoms with Gasteiger partial charge in [0, 0.05) is 43.7 Å². The first-order valence-corrected chi connectivity index (χ1v) is 19.0. The van der Waals surface area contributed by atoms with Gasteiger partial charge in [0.25, 0.3) is 5.91 Å². The van der Waals surface area contributed by atoms with E-state index < -0.39 is 34.1 Å². The van der Waals surface area contributed by atoms with Gasteiger partial charge in [-0.1, -0.05) is 48.5 Å². The van der Waals surface area contributed by atoms with Crippen molar-refractivity contribution in [1.29, 1.82) is 0 Å². The van der Waals surface area contributed by atoms with Crippen molar-refractivity contribution in [3.8, 4) is 5.75 Å². The molecule has 13 nitrogen and oxygen atoms in total. The van der Waals surface area contributed by atoms with Gasteiger partial charge in [-0.25, -0.2) is 13.2 Å². The lowest BCUT2D eigenvalue weighted by Crippen LogP contribution is -2.48. The molecule has 3 aromatic carbocycles. The Balaban J connectivity index is 1.42. The second-order valence-electron chi connectivity index (χ2n) is 13.6. The molecule has 3 N–H and O–H groups in total. The maximum absolute atomic E-state index is 14.5. The first-order chi connectivity index (χ1) is 24.8. The first-order valence-electron chi connectivity index (χ1n) is 17.6. The molecule has 0 saturated carbocycles. The van der Waals surface area contributed by atoms with E-state index in [1.165, 1.54) is 11.4 Å². The van der Waals surface area contributed by atoms with Crippen molar-refractivity contribution >= 4 is 44.1 Å². The average Bonchev–Trinajstić information content (AvgIpc) is 3.47. The molecule has 14 heteroatoms. The van der Waals surface area contributed by atoms with E-state index in [4.69, 9.17) is 14.0 Å². The number of amides is 3. The molecule has 1 aliphatic rings. The highest BCUT2D eigenvalue weighted by Crippen LogP contribution is 2.30. The molecule has 5 rings (SSSR count). The van der Waals surface area contributed by atoms with Gasteiger partial charge in [-0.2, -0.15) is 4.31 Å². The summed E-state index contributed by atoms with van der Waals surface area (Å²) in [5, 5.41) is 21.7. The van der Waals surface area contributed by atoms with Crippen LogP contribution >= 0.6 is 0 Å². The Bertz CT molecular complexity index is 1960. The highest BCUT2D eigenvalue weighted by Gasteiger charge is 2.34. The number of aromatic nitrogens is 1. The molecule has 4 aromatic rings. The number of hydrogen-bond donors (Lipinski definition) is 3. The quantitative estimate of drug-likeness (QED) is 0.191. The molecular weight excluding hydrogens is 687 g/mol. The number of aryl methyl sites for hydroxylation is 2. The van der Waals surface area contributed by atoms with Crippen LogP contribution in [0.5, 0.6) is 5.75 Å². The van der Waals surface area contributed by atoms with E-state index in [1.807, 2.05) is 56.3 Å². The Morgan fingerprint density at radius 3 is 2.56 bits per heavy atom. The number of rotatable bonds is 8. The van der Waals surface area contributed by atoms with Gasteiger partial charge < -0.3 is 34.6 Å². The van der Waals surface area contributed by atoms with E-state index in [-0.39, 0.29) is 53.6 Å². The van der Waals surface area contributed by atoms with Crippen LogP contribution in [0, 0.1) is 19.8 Å². The minimum atomic E-state index is -3.96. The molecular formula is C38H49N5O8S. The molecule has 4 atom stereocenters. The van der Waals surface area contributed by atoms with Crippen LogP contribution in [0.4, 0.5) is 16.2 Å². The number of aliphatic hydroxyl groups excluding tert-OH is 1. The van der Waals surface area contributed by atoms with Crippen LogP contribution in [0.2, 0.25) is 0 Å². The van der Waals surface area contributed by atoms with Gasteiger partial charge in [0.1, 0.15) is 16.3 Å². The van der Waals surface area contributed by atoms with Crippen LogP contribution in [0.15, 0.2) is 70.1 Å². The predicted molar refractivity (Wildman–Crippen MR) is 199 cm³/mol. The number of urea groups is 1. The zero-order chi connectivity index (χ0) is 37.6. The standard InChI is InChI=1S/C38H49N5O8S/c1-24-21-43(25(2)23-44)37(45)32-20-30(39-38(46)40-33-16-11-14-29-13-7-8-15-31(29)33)17-18-34(32)50-26(3)12-9-10-19-49-35(24)22-42(6)52(47,48)36-27(4)41-51-28(36)5/h7-8,11,13-18,20,24-26,35,44H,9-10,12,19,21-23H2,1-6H3,(H2,39,40,46)/t24-,25-,26+,35+/m0/s1. The number of hydrogen-bond acceptors (Lipinski definition) is 9. The van der Waals surface area contributed by atoms with E-state index in [0.29, 0.717) is 36.6 Å². The average molecular weight is 736 g/mol. The molecule has 0 aliphatic carbocycles. The molecule has 0 bridgehead atoms. The van der Waals surface area contributed by atoms with Crippen LogP contribution in [0.1, 0.15) is 61.8 Å². The summed E-state index contributed by atoms with van der Waals surface area (Å²) in [5.41, 5.74) is 1.50. The smallest absolute Gasteiger partial charge is 0.323 e. The minimum Gasteiger partial charge on any atom is -0.490 e. The Labute approximate surface area is 305 Å². The number of ether oxygens (including phenoxy) is 2. The van der Waals surface area contributed by atoms with Crippen molar-refractivity contribution in [1.82, 2.24) is 14.4 Å². The van der Waals surface area contributed by atoms with E-state index >= 15 is 0 Å². The molecule has 3 amide bonds. The molecule has 0 saturated heterocycles. The fourth-order valence-corrected chi connectivity index (χ4v) is 7.90. The number of carbonyl (C=O) groups excluding carboxylic acids is 2. The number of carbonyl (C=O) groups is 2. The first kappa shape index (κ1) is 38.7. The highest BCUT2D eigenvalue weighted by atomic mass is 32.2. The lowest BCUT2D eigenvalue weighted by atomic mass is 10.0. The van der Waals surface area contributed by atoms with Gasteiger partial charge in [0.2, 0.25) is 10.0 Å². The molecule has 0 radical (unpaired) electrons. The third-order valence-electron chi connectivity index (χ3n) is 9.42. The Hall–Kier alpha value is -4.50. The zero-order valence-corrected chi connectivity index (χ0v) is 31.4. The predicted octanol–water partition coefficient (Wildman–Crippen LogP) is 6.20. The topological polar surface area (TPSA) is 164 Å². The second-order valence-corrected chi connectivity index (χ2v) is 15.5. The van der Waals surface area contributed by atoms with Crippen LogP contribution in [-0.4, -0.2) is 91.4 Å². The third kappa shape index (κ3) is 8.92. The maximum Gasteiger partial charge on any atom is 0.323 e. The van der Waals surface area contributed by atoms with Gasteiger partial charge in [-0.05, 0) is 76.6 Å². The fraction of sp³-hybridized carbons (Fsp3) is 0.447. The number of aliphatic hydroxyl groups is 1. The number of fused-ring (bicyclic) bond motifs is 2. The number of benzene rings is 3. The van der Waals surface area contributed by atoms with E-state index in [1.54, 1.807) is 43.9 Å². The minimum absolute atomic E-state index is 0.0130. The fourth-order valence-electron chi connectivity index (χ4n) is 6.43. The number of nitrogens with zero attached hydrogens (tertiary/aromatic N) is 3. The van der Waals surface area contributed by atoms with Crippen molar-refractivity contribution in [3.63, 3.8) is 0 Å². The summed E-state index contributed by atoms with van der Waals surface area (Å²) in [6.07, 6.45) is 1.34. The van der Waals surface area contributed by atoms with E-state index in [0.717, 1.165) is 17.2 Å². The second kappa shape index (κ2) is 16.9. The van der Waals surface area contributed by atoms with Crippen LogP contribution in [0.25, 0.3) is 10.8 Å². The van der Waals surface area contributed by atoms with Crippen molar-refractivity contribution in [3.05, 3.63) is 77.7 Å². The summed E-state index contributed by atoms with van der Waals surface area (Å²) < 4.78 is 46.2. The highest BCUT2D eigenvalue weighted by molar-refractivity contribution is 7.89. The summed E-state index contributed by atoms with van der Waals surface area (Å²) in [5.74, 6) is -0.219. The van der Waals surface area contributed by atoms with E-state index in [9.17, 15) is 23.1 Å². The summed E-state index contributed by atoms with van der Waals surface area (Å²) in [4.78, 5) is 29.3. The lowest BCUT2D eigenvalue weighted by molar-refractivity contribution is -0.00835. The molecule has 0 spiro atoms. The van der Waals surface area contributed by atoms with Crippen LogP contribution in [0.3, 0.4) is 0 Å². The van der Waals surface area contributed by atoms with Crippen LogP contribution < -0.4 is 15.4 Å². The van der Waals surface area contributed by atoms with Crippen molar-refractivity contribution < 1.29 is 37.1 Å². The number of likely N-dealkylation sites (N-methyl/N-ethyl adjacent to an activating group) is 1. The summed E-state index contributed by atoms with van der Waals surface area (Å²) in [6.45, 7) is 8.92. The Kier molecular flexibility index (Phi) is 12.6. The SMILES string of the molecule is Cc1noc(C)c1S(=O)(=O)N(C)C[C@H]1OCCCC[C@@H](C)Oc2ccc(NC(=O)Nc3cccc4ccccc34)cc2C(=O)N([C@@H](C)CO)C[C@@H]1C. The van der Waals surface area contributed by atoms with Crippen molar-refractivity contribution in [2.24, 2.45) is 5.92 Å². The van der Waals surface area contributed by atoms with Crippen LogP contribution in [-0.2, 0) is 14.8 Å². The molecule has 0 unspecified atom stereocenters. The van der Waals surface area contributed by atoms with Crippen molar-refractivity contribution in [2.75, 3.05) is 44.0 Å². The monoisotopic (exact) mass is 735 g/mol. The van der Waals surface area contributed by atoms with Gasteiger partial charge in [-0.3, -0.25) is 4.79 Å². The molecule has 1 aromatic heterocycles. The zero-order valence-electron chi connectivity index (χ0n) is 30.6. The van der Waals surface area contributed by atoms with E-state index in [2.05, 4.69) is 15.8 Å². The molecule has 280 valence electrons. The van der Waals surface area contributed by atoms with Crippen molar-refractivity contribution in [2.45, 2.75) is 77.0 Å². The third-order valence-corrected chi connectivity index (χ3v) is 11.5. The van der Waals surface area contributed by atoms with Gasteiger partial charge in [-0.15, -0.1) is 0 Å². The summed E-state index contributed by atoms with van der Waals surface area (Å²) in [6, 6.07) is 17.2. The van der Waals surface area contributed by atoms with Gasteiger partial charge in [0.15, 0.2) is 5.76 Å². The normalized spacial score (nSPS) is 19.8. The Morgan fingerprint density at radius 1 is 1.08 bits per heavy atom. The van der Waals surface area contributed by atoms with Gasteiger partial charge in [0.05, 0.1) is 36.1 Å². The number of anilines is 2. The van der Waals surface area contributed by atoms with Gasteiger partial charge >= 0.3 is 6.03 Å². The lowest BCUT2D eigenvalue weighted by Gasteiger charge is -2.35. The Morgan fingerprint density at radius 2 is 1.83 bits per heavy atom. The summed E-state index contributed by atoms with van der Waals surface area (Å²) >= 11 is 0.